The summed E-state index contributed by atoms with van der Waals surface area (Å²) >= 11 is 0. The number of H-pyrrole nitrogens is 2. The number of aliphatic carboxylic acids is 3. The molecule has 0 radical (unpaired) electrons. The van der Waals surface area contributed by atoms with Crippen molar-refractivity contribution >= 4 is 57.2 Å². The van der Waals surface area contributed by atoms with Gasteiger partial charge >= 0.3 is 88.7 Å². The summed E-state index contributed by atoms with van der Waals surface area (Å²) in [5.74, 6) is -5.11. The molecule has 3 aromatic heterocycles. The van der Waals surface area contributed by atoms with Gasteiger partial charge < -0.3 is 39.7 Å². The van der Waals surface area contributed by atoms with Gasteiger partial charge in [0, 0.05) is 74.7 Å². The van der Waals surface area contributed by atoms with Crippen LogP contribution in [0.4, 0.5) is 0 Å². The maximum atomic E-state index is 12.5. The van der Waals surface area contributed by atoms with E-state index in [4.69, 9.17) is 4.98 Å². The van der Waals surface area contributed by atoms with Crippen molar-refractivity contribution in [2.24, 2.45) is 0 Å². The van der Waals surface area contributed by atoms with Crippen LogP contribution in [-0.4, -0.2) is 37.8 Å². The summed E-state index contributed by atoms with van der Waals surface area (Å²) in [6.07, 6.45) is 1.59. The van der Waals surface area contributed by atoms with E-state index in [9.17, 15) is 29.7 Å². The second-order valence-corrected chi connectivity index (χ2v) is 11.4. The summed E-state index contributed by atoms with van der Waals surface area (Å²) in [6, 6.07) is 5.63. The number of carboxylic acids is 3. The van der Waals surface area contributed by atoms with Gasteiger partial charge in [-0.3, -0.25) is 4.98 Å². The van der Waals surface area contributed by atoms with E-state index in [-0.39, 0.29) is 130 Å². The topological polar surface area (TPSA) is 178 Å². The second-order valence-electron chi connectivity index (χ2n) is 11.4. The van der Waals surface area contributed by atoms with Crippen molar-refractivity contribution in [1.29, 1.82) is 0 Å². The normalized spacial score (nSPS) is 15.3. The van der Waals surface area contributed by atoms with Crippen LogP contribution < -0.4 is 104 Å². The molecular formula is C34H33N4Na3O6. The van der Waals surface area contributed by atoms with Gasteiger partial charge in [-0.05, 0) is 80.5 Å². The molecule has 10 nitrogen and oxygen atoms in total. The van der Waals surface area contributed by atoms with Crippen LogP contribution in [0.1, 0.15) is 96.0 Å². The number of aromatic nitrogens is 4. The number of aryl methyl sites for hydroxylation is 3. The Kier molecular flexibility index (Phi) is 14.6. The standard InChI is InChI=1S/C34H36N4O6.3Na/c1-7-19-15(3)23-12-25-17(5)21(9-10-29(39)40)32(37-25)22(11-30(41)42)33-31(34(43)44)18(6)26(38-33)14-28-20(8-2)16(4)24(36-28)13-27(19)35-23;;;/h7,12-14,17,21,35-36H,1,8-11H2,2-6H3,(H,39,40)(H,41,42)(H,43,44);;;/q;3*+1/p-3. The van der Waals surface area contributed by atoms with E-state index in [0.29, 0.717) is 23.4 Å². The predicted molar refractivity (Wildman–Crippen MR) is 162 cm³/mol. The van der Waals surface area contributed by atoms with Crippen molar-refractivity contribution in [2.75, 3.05) is 0 Å². The molecule has 2 unspecified atom stereocenters. The molecule has 0 saturated carbocycles. The number of hydrogen-bond donors (Lipinski definition) is 2. The minimum atomic E-state index is -1.51. The molecule has 0 spiro atoms. The number of aromatic amines is 2. The summed E-state index contributed by atoms with van der Waals surface area (Å²) in [6.45, 7) is 13.5. The molecule has 13 heteroatoms. The molecule has 2 N–H and O–H groups in total. The van der Waals surface area contributed by atoms with Gasteiger partial charge in [0.05, 0.1) is 23.1 Å². The summed E-state index contributed by atoms with van der Waals surface area (Å²) in [7, 11) is 0. The van der Waals surface area contributed by atoms with Crippen molar-refractivity contribution in [3.05, 3.63) is 75.4 Å². The first-order chi connectivity index (χ1) is 20.9. The third-order valence-corrected chi connectivity index (χ3v) is 8.92. The maximum Gasteiger partial charge on any atom is 1.00 e. The number of allylic oxidation sites excluding steroid dienone is 1. The van der Waals surface area contributed by atoms with Crippen molar-refractivity contribution in [1.82, 2.24) is 19.9 Å². The van der Waals surface area contributed by atoms with Gasteiger partial charge in [0.25, 0.3) is 0 Å². The molecule has 0 amide bonds. The summed E-state index contributed by atoms with van der Waals surface area (Å²) in [5.41, 5.74) is 8.29. The fourth-order valence-electron chi connectivity index (χ4n) is 6.50. The van der Waals surface area contributed by atoms with E-state index in [1.54, 1.807) is 19.1 Å². The molecule has 5 rings (SSSR count). The molecule has 0 saturated heterocycles. The van der Waals surface area contributed by atoms with Crippen LogP contribution >= 0.6 is 0 Å². The minimum Gasteiger partial charge on any atom is -0.550 e. The second kappa shape index (κ2) is 16.6. The van der Waals surface area contributed by atoms with Crippen LogP contribution in [0.3, 0.4) is 0 Å². The quantitative estimate of drug-likeness (QED) is 0.224. The van der Waals surface area contributed by atoms with Crippen LogP contribution in [0.15, 0.2) is 24.8 Å². The Bertz CT molecular complexity index is 1960. The SMILES string of the molecule is C=Cc1c(C)c2cc3nc(c(CC(=O)[O-])c4nc(cc5[nH]c(cc1[nH]2)c(C)c5CC)C(C)=C4C(=O)[O-])C(CCC(=O)[O-])C3C.[Na+].[Na+].[Na+]. The van der Waals surface area contributed by atoms with E-state index >= 15 is 0 Å². The number of hydrogen-bond acceptors (Lipinski definition) is 8. The van der Waals surface area contributed by atoms with Crippen molar-refractivity contribution in [3.8, 4) is 0 Å². The third kappa shape index (κ3) is 7.92. The van der Waals surface area contributed by atoms with Crippen molar-refractivity contribution in [3.63, 3.8) is 0 Å². The average Bonchev–Trinajstić information content (AvgIpc) is 3.63. The fourth-order valence-corrected chi connectivity index (χ4v) is 6.50. The van der Waals surface area contributed by atoms with Gasteiger partial charge in [-0.2, -0.15) is 0 Å². The molecule has 0 aliphatic carbocycles. The molecule has 3 aromatic rings. The number of nitrogens with zero attached hydrogens (tertiary/aromatic N) is 2. The molecule has 228 valence electrons. The summed E-state index contributed by atoms with van der Waals surface area (Å²) < 4.78 is 0. The molecule has 5 heterocycles. The zero-order valence-corrected chi connectivity index (χ0v) is 34.3. The Morgan fingerprint density at radius 3 is 2.09 bits per heavy atom. The molecule has 0 aromatic carbocycles. The molecule has 2 aliphatic rings. The molecule has 2 atom stereocenters. The minimum absolute atomic E-state index is 0. The van der Waals surface area contributed by atoms with Gasteiger partial charge in [0.15, 0.2) is 0 Å². The third-order valence-electron chi connectivity index (χ3n) is 8.92. The van der Waals surface area contributed by atoms with Crippen LogP contribution in [0.5, 0.6) is 0 Å². The van der Waals surface area contributed by atoms with E-state index in [2.05, 4.69) is 21.5 Å². The average molecular weight is 663 g/mol. The number of carbonyl (C=O) groups excluding carboxylic acids is 3. The molecule has 8 bridgehead atoms. The first-order valence-electron chi connectivity index (χ1n) is 14.6. The van der Waals surface area contributed by atoms with Crippen molar-refractivity contribution < 1.29 is 118 Å². The predicted octanol–water partition coefficient (Wildman–Crippen LogP) is -6.46. The molecule has 0 fully saturated rings. The van der Waals surface area contributed by atoms with Gasteiger partial charge in [0.2, 0.25) is 0 Å². The zero-order valence-electron chi connectivity index (χ0n) is 28.3. The number of rotatable bonds is 8. The molecule has 47 heavy (non-hydrogen) atoms. The Morgan fingerprint density at radius 2 is 1.51 bits per heavy atom. The maximum absolute atomic E-state index is 12.5. The Labute approximate surface area is 339 Å². The summed E-state index contributed by atoms with van der Waals surface area (Å²) in [4.78, 5) is 52.6. The van der Waals surface area contributed by atoms with Crippen LogP contribution in [-0.2, 0) is 27.2 Å². The van der Waals surface area contributed by atoms with Gasteiger partial charge in [-0.1, -0.05) is 26.5 Å². The van der Waals surface area contributed by atoms with E-state index in [1.165, 1.54) is 0 Å². The van der Waals surface area contributed by atoms with Gasteiger partial charge in [-0.25, -0.2) is 4.98 Å². The smallest absolute Gasteiger partial charge is 0.550 e. The number of fused-ring (bicyclic) bond motifs is 8. The van der Waals surface area contributed by atoms with Gasteiger partial charge in [0.1, 0.15) is 0 Å². The largest absolute Gasteiger partial charge is 1.00 e. The zero-order chi connectivity index (χ0) is 32.0. The van der Waals surface area contributed by atoms with E-state index in [1.807, 2.05) is 39.8 Å². The number of carbonyl (C=O) groups is 3. The van der Waals surface area contributed by atoms with E-state index < -0.39 is 30.2 Å². The Balaban J connectivity index is 0.00000256. The van der Waals surface area contributed by atoms with E-state index in [0.717, 1.165) is 44.3 Å². The Hall–Kier alpha value is -1.99. The molecular weight excluding hydrogens is 629 g/mol. The summed E-state index contributed by atoms with van der Waals surface area (Å²) in [5, 5.41) is 36.2. The Morgan fingerprint density at radius 1 is 0.872 bits per heavy atom. The van der Waals surface area contributed by atoms with Crippen molar-refractivity contribution in [2.45, 2.75) is 72.1 Å². The van der Waals surface area contributed by atoms with Crippen LogP contribution in [0.2, 0.25) is 0 Å². The number of carboxylic acid groups (broad SMARTS) is 3. The monoisotopic (exact) mass is 662 g/mol. The van der Waals surface area contributed by atoms with Crippen LogP contribution in [0, 0.1) is 13.8 Å². The molecule has 2 aliphatic heterocycles. The fraction of sp³-hybridized carbons (Fsp3) is 0.324. The van der Waals surface area contributed by atoms with Gasteiger partial charge in [-0.15, -0.1) is 0 Å². The first-order valence-corrected chi connectivity index (χ1v) is 14.6. The number of nitrogens with one attached hydrogen (secondary N) is 2. The van der Waals surface area contributed by atoms with Crippen LogP contribution in [0.25, 0.3) is 39.3 Å². The first kappa shape index (κ1) is 41.2.